The molecule has 0 N–H and O–H groups in total. The number of hydrogen-bond acceptors (Lipinski definition) is 4. The van der Waals surface area contributed by atoms with E-state index in [1.807, 2.05) is 30.3 Å². The SMILES string of the molecule is CCC(=O)N(CCc1ccccc1)[C@@H]1CC(=O)N(c2ccc(OC)cc2)C1=O. The first-order valence-corrected chi connectivity index (χ1v) is 9.39. The third-order valence-corrected chi connectivity index (χ3v) is 4.94. The molecule has 3 amide bonds. The Morgan fingerprint density at radius 3 is 2.39 bits per heavy atom. The molecule has 0 aromatic heterocycles. The highest BCUT2D eigenvalue weighted by Gasteiger charge is 2.43. The van der Waals surface area contributed by atoms with E-state index in [-0.39, 0.29) is 30.6 Å². The number of nitrogens with zero attached hydrogens (tertiary/aromatic N) is 2. The van der Waals surface area contributed by atoms with E-state index < -0.39 is 6.04 Å². The van der Waals surface area contributed by atoms with Crippen molar-refractivity contribution in [1.82, 2.24) is 4.90 Å². The zero-order chi connectivity index (χ0) is 20.1. The monoisotopic (exact) mass is 380 g/mol. The number of hydrogen-bond donors (Lipinski definition) is 0. The van der Waals surface area contributed by atoms with Crippen LogP contribution in [0.4, 0.5) is 5.69 Å². The number of carbonyl (C=O) groups is 3. The summed E-state index contributed by atoms with van der Waals surface area (Å²) < 4.78 is 5.12. The summed E-state index contributed by atoms with van der Waals surface area (Å²) in [5, 5.41) is 0. The number of carbonyl (C=O) groups excluding carboxylic acids is 3. The molecule has 0 spiro atoms. The van der Waals surface area contributed by atoms with Crippen molar-refractivity contribution in [2.75, 3.05) is 18.6 Å². The van der Waals surface area contributed by atoms with Gasteiger partial charge in [0.15, 0.2) is 0 Å². The van der Waals surface area contributed by atoms with Crippen molar-refractivity contribution >= 4 is 23.4 Å². The van der Waals surface area contributed by atoms with Crippen LogP contribution in [0.5, 0.6) is 5.75 Å². The number of anilines is 1. The maximum Gasteiger partial charge on any atom is 0.257 e. The normalized spacial score (nSPS) is 16.4. The van der Waals surface area contributed by atoms with Gasteiger partial charge in [0, 0.05) is 13.0 Å². The van der Waals surface area contributed by atoms with Crippen molar-refractivity contribution in [2.24, 2.45) is 0 Å². The fourth-order valence-corrected chi connectivity index (χ4v) is 3.41. The van der Waals surface area contributed by atoms with Crippen molar-refractivity contribution in [3.05, 3.63) is 60.2 Å². The van der Waals surface area contributed by atoms with Gasteiger partial charge in [0.05, 0.1) is 19.2 Å². The van der Waals surface area contributed by atoms with Crippen molar-refractivity contribution in [1.29, 1.82) is 0 Å². The summed E-state index contributed by atoms with van der Waals surface area (Å²) in [4.78, 5) is 40.8. The van der Waals surface area contributed by atoms with E-state index in [9.17, 15) is 14.4 Å². The van der Waals surface area contributed by atoms with E-state index in [0.29, 0.717) is 24.4 Å². The summed E-state index contributed by atoms with van der Waals surface area (Å²) in [6.07, 6.45) is 0.924. The van der Waals surface area contributed by atoms with E-state index in [1.165, 1.54) is 4.90 Å². The Balaban J connectivity index is 1.79. The first-order valence-electron chi connectivity index (χ1n) is 9.39. The van der Waals surface area contributed by atoms with Gasteiger partial charge in [0.1, 0.15) is 11.8 Å². The van der Waals surface area contributed by atoms with Crippen LogP contribution in [0.15, 0.2) is 54.6 Å². The second-order valence-electron chi connectivity index (χ2n) is 6.66. The lowest BCUT2D eigenvalue weighted by Gasteiger charge is -2.27. The highest BCUT2D eigenvalue weighted by atomic mass is 16.5. The molecule has 1 saturated heterocycles. The minimum atomic E-state index is -0.759. The van der Waals surface area contributed by atoms with Crippen LogP contribution < -0.4 is 9.64 Å². The van der Waals surface area contributed by atoms with Crippen molar-refractivity contribution in [3.8, 4) is 5.75 Å². The fourth-order valence-electron chi connectivity index (χ4n) is 3.41. The topological polar surface area (TPSA) is 66.9 Å². The largest absolute Gasteiger partial charge is 0.497 e. The molecule has 0 unspecified atom stereocenters. The molecule has 1 aliphatic rings. The molecule has 0 radical (unpaired) electrons. The van der Waals surface area contributed by atoms with Gasteiger partial charge in [-0.05, 0) is 36.2 Å². The molecule has 3 rings (SSSR count). The van der Waals surface area contributed by atoms with Crippen LogP contribution in [0, 0.1) is 0 Å². The molecule has 1 aliphatic heterocycles. The zero-order valence-electron chi connectivity index (χ0n) is 16.1. The Hall–Kier alpha value is -3.15. The van der Waals surface area contributed by atoms with Crippen LogP contribution in [-0.2, 0) is 20.8 Å². The first kappa shape index (κ1) is 19.6. The number of imide groups is 1. The summed E-state index contributed by atoms with van der Waals surface area (Å²) in [5.41, 5.74) is 1.57. The Bertz CT molecular complexity index is 849. The van der Waals surface area contributed by atoms with E-state index >= 15 is 0 Å². The van der Waals surface area contributed by atoms with Gasteiger partial charge in [-0.2, -0.15) is 0 Å². The predicted octanol–water partition coefficient (Wildman–Crippen LogP) is 2.81. The van der Waals surface area contributed by atoms with Crippen LogP contribution in [0.1, 0.15) is 25.3 Å². The lowest BCUT2D eigenvalue weighted by molar-refractivity contribution is -0.138. The van der Waals surface area contributed by atoms with Gasteiger partial charge in [-0.25, -0.2) is 4.90 Å². The van der Waals surface area contributed by atoms with Crippen molar-refractivity contribution in [3.63, 3.8) is 0 Å². The molecule has 0 saturated carbocycles. The maximum absolute atomic E-state index is 13.0. The average Bonchev–Trinajstić information content (AvgIpc) is 3.02. The molecule has 146 valence electrons. The number of ether oxygens (including phenoxy) is 1. The standard InChI is InChI=1S/C22H24N2O4/c1-3-20(25)23(14-13-16-7-5-4-6-8-16)19-15-21(26)24(22(19)27)17-9-11-18(28-2)12-10-17/h4-12,19H,3,13-15H2,1-2H3/t19-/m1/s1. The molecule has 28 heavy (non-hydrogen) atoms. The second kappa shape index (κ2) is 8.69. The van der Waals surface area contributed by atoms with Crippen LogP contribution in [-0.4, -0.2) is 42.3 Å². The maximum atomic E-state index is 13.0. The van der Waals surface area contributed by atoms with Crippen LogP contribution >= 0.6 is 0 Å². The van der Waals surface area contributed by atoms with Crippen LogP contribution in [0.3, 0.4) is 0 Å². The Kier molecular flexibility index (Phi) is 6.09. The van der Waals surface area contributed by atoms with Gasteiger partial charge in [-0.3, -0.25) is 14.4 Å². The second-order valence-corrected chi connectivity index (χ2v) is 6.66. The minimum absolute atomic E-state index is 0.00535. The lowest BCUT2D eigenvalue weighted by Crippen LogP contribution is -2.46. The summed E-state index contributed by atoms with van der Waals surface area (Å²) in [6, 6.07) is 15.8. The zero-order valence-corrected chi connectivity index (χ0v) is 16.1. The molecule has 6 heteroatoms. The molecule has 1 atom stereocenters. The van der Waals surface area contributed by atoms with E-state index in [4.69, 9.17) is 4.74 Å². The highest BCUT2D eigenvalue weighted by molar-refractivity contribution is 6.23. The first-order chi connectivity index (χ1) is 13.5. The average molecular weight is 380 g/mol. The molecule has 1 fully saturated rings. The van der Waals surface area contributed by atoms with Crippen LogP contribution in [0.2, 0.25) is 0 Å². The highest BCUT2D eigenvalue weighted by Crippen LogP contribution is 2.27. The van der Waals surface area contributed by atoms with E-state index in [2.05, 4.69) is 0 Å². The molecular weight excluding hydrogens is 356 g/mol. The predicted molar refractivity (Wildman–Crippen MR) is 106 cm³/mol. The Morgan fingerprint density at radius 2 is 1.79 bits per heavy atom. The van der Waals surface area contributed by atoms with E-state index in [1.54, 1.807) is 43.2 Å². The number of amides is 3. The van der Waals surface area contributed by atoms with Gasteiger partial charge < -0.3 is 9.64 Å². The summed E-state index contributed by atoms with van der Waals surface area (Å²) in [5.74, 6) is -0.137. The quantitative estimate of drug-likeness (QED) is 0.693. The third-order valence-electron chi connectivity index (χ3n) is 4.94. The molecule has 1 heterocycles. The van der Waals surface area contributed by atoms with Crippen LogP contribution in [0.25, 0.3) is 0 Å². The number of methoxy groups -OCH3 is 1. The van der Waals surface area contributed by atoms with Gasteiger partial charge in [0.2, 0.25) is 11.8 Å². The van der Waals surface area contributed by atoms with Gasteiger partial charge in [-0.1, -0.05) is 37.3 Å². The van der Waals surface area contributed by atoms with Crippen molar-refractivity contribution in [2.45, 2.75) is 32.2 Å². The molecule has 2 aromatic carbocycles. The molecule has 2 aromatic rings. The summed E-state index contributed by atoms with van der Waals surface area (Å²) in [7, 11) is 1.55. The van der Waals surface area contributed by atoms with Gasteiger partial charge >= 0.3 is 0 Å². The summed E-state index contributed by atoms with van der Waals surface area (Å²) in [6.45, 7) is 2.16. The fraction of sp³-hybridized carbons (Fsp3) is 0.318. The Morgan fingerprint density at radius 1 is 1.11 bits per heavy atom. The minimum Gasteiger partial charge on any atom is -0.497 e. The van der Waals surface area contributed by atoms with E-state index in [0.717, 1.165) is 5.56 Å². The number of rotatable bonds is 7. The lowest BCUT2D eigenvalue weighted by atomic mass is 10.1. The number of benzene rings is 2. The van der Waals surface area contributed by atoms with Gasteiger partial charge in [0.25, 0.3) is 5.91 Å². The molecule has 6 nitrogen and oxygen atoms in total. The molecule has 0 aliphatic carbocycles. The Labute approximate surface area is 164 Å². The molecule has 0 bridgehead atoms. The smallest absolute Gasteiger partial charge is 0.257 e. The van der Waals surface area contributed by atoms with Crippen molar-refractivity contribution < 1.29 is 19.1 Å². The molecular formula is C22H24N2O4. The summed E-state index contributed by atoms with van der Waals surface area (Å²) >= 11 is 0. The third kappa shape index (κ3) is 4.06. The van der Waals surface area contributed by atoms with Gasteiger partial charge in [-0.15, -0.1) is 0 Å².